The predicted octanol–water partition coefficient (Wildman–Crippen LogP) is 2.63. The maximum absolute atomic E-state index is 11.9. The molecule has 2 unspecified atom stereocenters. The smallest absolute Gasteiger partial charge is 0.410 e. The van der Waals surface area contributed by atoms with Crippen LogP contribution in [-0.2, 0) is 4.74 Å². The molecule has 0 aromatic heterocycles. The van der Waals surface area contributed by atoms with Gasteiger partial charge in [0.2, 0.25) is 0 Å². The van der Waals surface area contributed by atoms with Gasteiger partial charge in [-0.25, -0.2) is 4.79 Å². The third-order valence-electron chi connectivity index (χ3n) is 4.00. The molecule has 1 aliphatic carbocycles. The van der Waals surface area contributed by atoms with Gasteiger partial charge in [-0.2, -0.15) is 0 Å². The summed E-state index contributed by atoms with van der Waals surface area (Å²) in [4.78, 5) is 13.8. The highest BCUT2D eigenvalue weighted by Gasteiger charge is 2.31. The molecule has 1 saturated carbocycles. The van der Waals surface area contributed by atoms with Crippen LogP contribution < -0.4 is 5.32 Å². The van der Waals surface area contributed by atoms with Crippen molar-refractivity contribution in [1.29, 1.82) is 0 Å². The number of nitrogens with one attached hydrogen (secondary N) is 1. The second-order valence-corrected chi connectivity index (χ2v) is 7.13. The van der Waals surface area contributed by atoms with Gasteiger partial charge >= 0.3 is 6.09 Å². The number of amides is 1. The molecule has 1 heterocycles. The van der Waals surface area contributed by atoms with Crippen LogP contribution in [0.3, 0.4) is 0 Å². The Labute approximate surface area is 116 Å². The van der Waals surface area contributed by atoms with E-state index in [9.17, 15) is 4.79 Å². The SMILES string of the molecule is CC(CNC1CCN(C(=O)OC(C)(C)C)C1)C1CC1. The Bertz CT molecular complexity index is 321. The molecule has 0 aromatic rings. The largest absolute Gasteiger partial charge is 0.444 e. The zero-order valence-electron chi connectivity index (χ0n) is 12.7. The summed E-state index contributed by atoms with van der Waals surface area (Å²) in [5, 5.41) is 3.60. The third kappa shape index (κ3) is 4.68. The van der Waals surface area contributed by atoms with Crippen LogP contribution in [0.15, 0.2) is 0 Å². The van der Waals surface area contributed by atoms with Gasteiger partial charge in [0.15, 0.2) is 0 Å². The van der Waals surface area contributed by atoms with Gasteiger partial charge in [0.05, 0.1) is 0 Å². The van der Waals surface area contributed by atoms with Crippen molar-refractivity contribution in [3.63, 3.8) is 0 Å². The first-order valence-corrected chi connectivity index (χ1v) is 7.56. The fraction of sp³-hybridized carbons (Fsp3) is 0.933. The summed E-state index contributed by atoms with van der Waals surface area (Å²) in [5.74, 6) is 1.71. The van der Waals surface area contributed by atoms with Crippen LogP contribution >= 0.6 is 0 Å². The topological polar surface area (TPSA) is 41.6 Å². The van der Waals surface area contributed by atoms with E-state index in [4.69, 9.17) is 4.74 Å². The molecule has 2 aliphatic rings. The molecule has 110 valence electrons. The van der Waals surface area contributed by atoms with Crippen LogP contribution in [0, 0.1) is 11.8 Å². The van der Waals surface area contributed by atoms with Gasteiger partial charge in [-0.15, -0.1) is 0 Å². The minimum absolute atomic E-state index is 0.174. The molecule has 2 rings (SSSR count). The second kappa shape index (κ2) is 5.70. The molecular formula is C15H28N2O2. The highest BCUT2D eigenvalue weighted by Crippen LogP contribution is 2.36. The Balaban J connectivity index is 1.68. The lowest BCUT2D eigenvalue weighted by molar-refractivity contribution is 0.0291. The Morgan fingerprint density at radius 2 is 2.05 bits per heavy atom. The Kier molecular flexibility index (Phi) is 4.39. The lowest BCUT2D eigenvalue weighted by atomic mass is 10.1. The molecule has 2 atom stereocenters. The predicted molar refractivity (Wildman–Crippen MR) is 76.1 cm³/mol. The van der Waals surface area contributed by atoms with E-state index in [0.29, 0.717) is 6.04 Å². The average molecular weight is 268 g/mol. The van der Waals surface area contributed by atoms with Crippen LogP contribution in [0.25, 0.3) is 0 Å². The molecule has 4 nitrogen and oxygen atoms in total. The fourth-order valence-electron chi connectivity index (χ4n) is 2.60. The lowest BCUT2D eigenvalue weighted by Gasteiger charge is -2.24. The fourth-order valence-corrected chi connectivity index (χ4v) is 2.60. The van der Waals surface area contributed by atoms with Gasteiger partial charge < -0.3 is 15.0 Å². The van der Waals surface area contributed by atoms with E-state index in [1.54, 1.807) is 0 Å². The van der Waals surface area contributed by atoms with Gasteiger partial charge in [-0.1, -0.05) is 6.92 Å². The summed E-state index contributed by atoms with van der Waals surface area (Å²) in [6, 6.07) is 0.439. The van der Waals surface area contributed by atoms with Crippen molar-refractivity contribution in [2.45, 2.75) is 58.6 Å². The summed E-state index contributed by atoms with van der Waals surface area (Å²) in [7, 11) is 0. The molecule has 1 aliphatic heterocycles. The number of ether oxygens (including phenoxy) is 1. The molecule has 0 aromatic carbocycles. The Morgan fingerprint density at radius 1 is 1.37 bits per heavy atom. The highest BCUT2D eigenvalue weighted by molar-refractivity contribution is 5.68. The minimum Gasteiger partial charge on any atom is -0.444 e. The van der Waals surface area contributed by atoms with Crippen molar-refractivity contribution in [3.05, 3.63) is 0 Å². The first kappa shape index (κ1) is 14.6. The van der Waals surface area contributed by atoms with E-state index >= 15 is 0 Å². The molecule has 0 bridgehead atoms. The summed E-state index contributed by atoms with van der Waals surface area (Å²) in [5.41, 5.74) is -0.400. The van der Waals surface area contributed by atoms with Crippen molar-refractivity contribution in [3.8, 4) is 0 Å². The van der Waals surface area contributed by atoms with E-state index in [-0.39, 0.29) is 6.09 Å². The number of carbonyl (C=O) groups is 1. The minimum atomic E-state index is -0.400. The number of hydrogen-bond acceptors (Lipinski definition) is 3. The van der Waals surface area contributed by atoms with Crippen molar-refractivity contribution in [1.82, 2.24) is 10.2 Å². The van der Waals surface area contributed by atoms with Crippen LogP contribution in [0.2, 0.25) is 0 Å². The monoisotopic (exact) mass is 268 g/mol. The van der Waals surface area contributed by atoms with E-state index < -0.39 is 5.60 Å². The van der Waals surface area contributed by atoms with E-state index in [1.165, 1.54) is 12.8 Å². The molecule has 0 radical (unpaired) electrons. The van der Waals surface area contributed by atoms with E-state index in [2.05, 4.69) is 12.2 Å². The molecule has 1 amide bonds. The zero-order valence-corrected chi connectivity index (χ0v) is 12.7. The number of nitrogens with zero attached hydrogens (tertiary/aromatic N) is 1. The molecule has 2 fully saturated rings. The molecule has 1 saturated heterocycles. The van der Waals surface area contributed by atoms with Crippen LogP contribution in [0.1, 0.15) is 47.0 Å². The Morgan fingerprint density at radius 3 is 2.63 bits per heavy atom. The van der Waals surface area contributed by atoms with Gasteiger partial charge in [-0.05, 0) is 58.4 Å². The molecule has 0 spiro atoms. The first-order chi connectivity index (χ1) is 8.85. The van der Waals surface area contributed by atoms with Gasteiger partial charge in [0, 0.05) is 19.1 Å². The van der Waals surface area contributed by atoms with Gasteiger partial charge in [0.25, 0.3) is 0 Å². The zero-order chi connectivity index (χ0) is 14.0. The van der Waals surface area contributed by atoms with E-state index in [0.717, 1.165) is 37.9 Å². The van der Waals surface area contributed by atoms with E-state index in [1.807, 2.05) is 25.7 Å². The van der Waals surface area contributed by atoms with Crippen molar-refractivity contribution < 1.29 is 9.53 Å². The van der Waals surface area contributed by atoms with Crippen molar-refractivity contribution in [2.24, 2.45) is 11.8 Å². The average Bonchev–Trinajstić information content (AvgIpc) is 3.03. The standard InChI is InChI=1S/C15H28N2O2/c1-11(12-5-6-12)9-16-13-7-8-17(10-13)14(18)19-15(2,3)4/h11-13,16H,5-10H2,1-4H3. The first-order valence-electron chi connectivity index (χ1n) is 7.56. The quantitative estimate of drug-likeness (QED) is 0.852. The normalized spacial score (nSPS) is 25.5. The number of likely N-dealkylation sites (tertiary alicyclic amines) is 1. The highest BCUT2D eigenvalue weighted by atomic mass is 16.6. The molecule has 4 heteroatoms. The summed E-state index contributed by atoms with van der Waals surface area (Å²) in [6.45, 7) is 10.7. The van der Waals surface area contributed by atoms with Gasteiger partial charge in [0.1, 0.15) is 5.60 Å². The second-order valence-electron chi connectivity index (χ2n) is 7.13. The third-order valence-corrected chi connectivity index (χ3v) is 4.00. The number of rotatable bonds is 4. The maximum Gasteiger partial charge on any atom is 0.410 e. The molecular weight excluding hydrogens is 240 g/mol. The van der Waals surface area contributed by atoms with Crippen LogP contribution in [0.5, 0.6) is 0 Å². The number of hydrogen-bond donors (Lipinski definition) is 1. The number of carbonyl (C=O) groups excluding carboxylic acids is 1. The summed E-state index contributed by atoms with van der Waals surface area (Å²) in [6.07, 6.45) is 3.66. The maximum atomic E-state index is 11.9. The molecule has 19 heavy (non-hydrogen) atoms. The van der Waals surface area contributed by atoms with Crippen molar-refractivity contribution >= 4 is 6.09 Å². The van der Waals surface area contributed by atoms with Crippen LogP contribution in [-0.4, -0.2) is 42.3 Å². The van der Waals surface area contributed by atoms with Crippen molar-refractivity contribution in [2.75, 3.05) is 19.6 Å². The summed E-state index contributed by atoms with van der Waals surface area (Å²) >= 11 is 0. The Hall–Kier alpha value is -0.770. The summed E-state index contributed by atoms with van der Waals surface area (Å²) < 4.78 is 5.40. The van der Waals surface area contributed by atoms with Gasteiger partial charge in [-0.3, -0.25) is 0 Å². The lowest BCUT2D eigenvalue weighted by Crippen LogP contribution is -2.39. The molecule has 1 N–H and O–H groups in total. The van der Waals surface area contributed by atoms with Crippen LogP contribution in [0.4, 0.5) is 4.79 Å².